The lowest BCUT2D eigenvalue weighted by molar-refractivity contribution is -0.385. The molecule has 0 atom stereocenters. The summed E-state index contributed by atoms with van der Waals surface area (Å²) >= 11 is 0. The molecule has 0 fully saturated rings. The first kappa shape index (κ1) is 28.9. The third kappa shape index (κ3) is 7.36. The van der Waals surface area contributed by atoms with Crippen molar-refractivity contribution in [2.75, 3.05) is 10.6 Å². The van der Waals surface area contributed by atoms with E-state index in [-0.39, 0.29) is 34.1 Å². The highest BCUT2D eigenvalue weighted by atomic mass is 16.6. The Hall–Kier alpha value is -6.63. The van der Waals surface area contributed by atoms with Gasteiger partial charge in [-0.1, -0.05) is 18.2 Å². The van der Waals surface area contributed by atoms with Crippen LogP contribution in [0, 0.1) is 20.2 Å². The number of hydrogen-bond donors (Lipinski definition) is 2. The molecule has 4 aromatic carbocycles. The van der Waals surface area contributed by atoms with Crippen LogP contribution >= 0.6 is 0 Å². The van der Waals surface area contributed by atoms with Crippen LogP contribution in [0.4, 0.5) is 23.0 Å². The molecule has 0 radical (unpaired) electrons. The average molecular weight is 592 g/mol. The predicted octanol–water partition coefficient (Wildman–Crippen LogP) is 6.99. The second-order valence-corrected chi connectivity index (χ2v) is 9.08. The van der Waals surface area contributed by atoms with Gasteiger partial charge in [0, 0.05) is 35.4 Å². The first-order chi connectivity index (χ1) is 21.2. The maximum absolute atomic E-state index is 12.9. The first-order valence-corrected chi connectivity index (χ1v) is 12.9. The van der Waals surface area contributed by atoms with Gasteiger partial charge in [0.25, 0.3) is 23.2 Å². The summed E-state index contributed by atoms with van der Waals surface area (Å²) in [6.45, 7) is 0. The second kappa shape index (κ2) is 12.9. The number of amides is 2. The van der Waals surface area contributed by atoms with E-state index in [0.29, 0.717) is 23.0 Å². The number of anilines is 2. The number of nitro groups is 2. The molecule has 2 N–H and O–H groups in total. The van der Waals surface area contributed by atoms with E-state index in [1.807, 2.05) is 0 Å². The second-order valence-electron chi connectivity index (χ2n) is 9.08. The molecule has 44 heavy (non-hydrogen) atoms. The minimum atomic E-state index is -0.511. The van der Waals surface area contributed by atoms with Crippen LogP contribution in [0.1, 0.15) is 20.7 Å². The number of non-ortho nitro benzene ring substituents is 2. The predicted molar refractivity (Wildman–Crippen MR) is 159 cm³/mol. The van der Waals surface area contributed by atoms with Gasteiger partial charge >= 0.3 is 0 Å². The molecule has 1 aromatic heterocycles. The molecule has 5 rings (SSSR count). The third-order valence-electron chi connectivity index (χ3n) is 5.99. The summed E-state index contributed by atoms with van der Waals surface area (Å²) in [6, 6.07) is 28.5. The fraction of sp³-hybridized carbons (Fsp3) is 0. The molecule has 1 heterocycles. The normalized spacial score (nSPS) is 10.4. The minimum absolute atomic E-state index is 0.0707. The first-order valence-electron chi connectivity index (χ1n) is 12.9. The van der Waals surface area contributed by atoms with E-state index >= 15 is 0 Å². The Bertz CT molecular complexity index is 1730. The largest absolute Gasteiger partial charge is 0.457 e. The molecule has 2 amide bonds. The van der Waals surface area contributed by atoms with Crippen molar-refractivity contribution in [2.24, 2.45) is 0 Å². The molecular formula is C31H21N5O8. The molecule has 0 saturated carbocycles. The molecule has 0 aliphatic heterocycles. The zero-order chi connectivity index (χ0) is 31.1. The van der Waals surface area contributed by atoms with Gasteiger partial charge in [-0.15, -0.1) is 0 Å². The highest BCUT2D eigenvalue weighted by Crippen LogP contribution is 2.26. The van der Waals surface area contributed by atoms with E-state index in [1.165, 1.54) is 60.7 Å². The van der Waals surface area contributed by atoms with Crippen LogP contribution in [0.25, 0.3) is 0 Å². The van der Waals surface area contributed by atoms with Gasteiger partial charge in [-0.25, -0.2) is 4.98 Å². The molecule has 0 spiro atoms. The number of benzene rings is 4. The Morgan fingerprint density at radius 2 is 0.932 bits per heavy atom. The summed E-state index contributed by atoms with van der Waals surface area (Å²) in [7, 11) is 0. The minimum Gasteiger partial charge on any atom is -0.457 e. The van der Waals surface area contributed by atoms with Crippen LogP contribution in [-0.2, 0) is 0 Å². The summed E-state index contributed by atoms with van der Waals surface area (Å²) in [5.74, 6) is 0.830. The van der Waals surface area contributed by atoms with Crippen LogP contribution in [0.5, 0.6) is 23.0 Å². The molecule has 0 aliphatic rings. The fourth-order valence-corrected chi connectivity index (χ4v) is 3.90. The van der Waals surface area contributed by atoms with Crippen molar-refractivity contribution in [3.63, 3.8) is 0 Å². The van der Waals surface area contributed by atoms with Crippen molar-refractivity contribution in [1.29, 1.82) is 0 Å². The molecule has 0 aliphatic carbocycles. The monoisotopic (exact) mass is 591 g/mol. The highest BCUT2D eigenvalue weighted by molar-refractivity contribution is 6.05. The Labute approximate surface area is 249 Å². The van der Waals surface area contributed by atoms with E-state index in [2.05, 4.69) is 15.6 Å². The maximum atomic E-state index is 12.9. The SMILES string of the molecule is O=C(Nc1cccc(NC(=O)c2cccc(Oc3ccc([N+](=O)[O-])cc3)c2)n1)c1cccc(Oc2ccc([N+](=O)[O-])cc2)c1. The van der Waals surface area contributed by atoms with E-state index in [1.54, 1.807) is 54.6 Å². The van der Waals surface area contributed by atoms with Gasteiger partial charge in [-0.3, -0.25) is 29.8 Å². The molecule has 0 saturated heterocycles. The number of nitrogens with one attached hydrogen (secondary N) is 2. The lowest BCUT2D eigenvalue weighted by Gasteiger charge is -2.10. The summed E-state index contributed by atoms with van der Waals surface area (Å²) in [4.78, 5) is 50.8. The topological polar surface area (TPSA) is 176 Å². The summed E-state index contributed by atoms with van der Waals surface area (Å²) in [6.07, 6.45) is 0. The van der Waals surface area contributed by atoms with Crippen LogP contribution in [0.15, 0.2) is 115 Å². The third-order valence-corrected chi connectivity index (χ3v) is 5.99. The zero-order valence-corrected chi connectivity index (χ0v) is 22.6. The summed E-state index contributed by atoms with van der Waals surface area (Å²) in [5, 5.41) is 27.0. The lowest BCUT2D eigenvalue weighted by Crippen LogP contribution is -2.16. The number of pyridine rings is 1. The molecule has 5 aromatic rings. The van der Waals surface area contributed by atoms with Crippen molar-refractivity contribution in [3.05, 3.63) is 147 Å². The van der Waals surface area contributed by atoms with Gasteiger partial charge in [0.15, 0.2) is 0 Å². The fourth-order valence-electron chi connectivity index (χ4n) is 3.90. The van der Waals surface area contributed by atoms with Crippen LogP contribution in [0.3, 0.4) is 0 Å². The van der Waals surface area contributed by atoms with Crippen LogP contribution in [-0.4, -0.2) is 26.6 Å². The van der Waals surface area contributed by atoms with Gasteiger partial charge in [-0.2, -0.15) is 0 Å². The van der Waals surface area contributed by atoms with E-state index in [4.69, 9.17) is 9.47 Å². The number of hydrogen-bond acceptors (Lipinski definition) is 9. The molecule has 13 nitrogen and oxygen atoms in total. The number of nitro benzene ring substituents is 2. The maximum Gasteiger partial charge on any atom is 0.269 e. The quantitative estimate of drug-likeness (QED) is 0.128. The summed E-state index contributed by atoms with van der Waals surface area (Å²) < 4.78 is 11.4. The number of carbonyl (C=O) groups is 2. The van der Waals surface area contributed by atoms with Gasteiger partial charge in [0.05, 0.1) is 9.85 Å². The number of nitrogens with zero attached hydrogens (tertiary/aromatic N) is 3. The van der Waals surface area contributed by atoms with E-state index in [9.17, 15) is 29.8 Å². The van der Waals surface area contributed by atoms with Gasteiger partial charge in [0.1, 0.15) is 34.6 Å². The molecular weight excluding hydrogens is 570 g/mol. The van der Waals surface area contributed by atoms with Gasteiger partial charge < -0.3 is 20.1 Å². The zero-order valence-electron chi connectivity index (χ0n) is 22.6. The smallest absolute Gasteiger partial charge is 0.269 e. The average Bonchev–Trinajstić information content (AvgIpc) is 3.02. The number of carbonyl (C=O) groups excluding carboxylic acids is 2. The van der Waals surface area contributed by atoms with Crippen molar-refractivity contribution in [2.45, 2.75) is 0 Å². The molecule has 218 valence electrons. The Morgan fingerprint density at radius 3 is 1.32 bits per heavy atom. The van der Waals surface area contributed by atoms with Gasteiger partial charge in [-0.05, 0) is 72.8 Å². The van der Waals surface area contributed by atoms with E-state index < -0.39 is 21.7 Å². The molecule has 0 unspecified atom stereocenters. The van der Waals surface area contributed by atoms with Crippen molar-refractivity contribution in [1.82, 2.24) is 4.98 Å². The summed E-state index contributed by atoms with van der Waals surface area (Å²) in [5.41, 5.74) is 0.396. The van der Waals surface area contributed by atoms with Crippen LogP contribution in [0.2, 0.25) is 0 Å². The van der Waals surface area contributed by atoms with E-state index in [0.717, 1.165) is 0 Å². The number of rotatable bonds is 10. The Morgan fingerprint density at radius 1 is 0.545 bits per heavy atom. The highest BCUT2D eigenvalue weighted by Gasteiger charge is 2.13. The molecule has 13 heteroatoms. The lowest BCUT2D eigenvalue weighted by atomic mass is 10.2. The van der Waals surface area contributed by atoms with Crippen molar-refractivity contribution in [3.8, 4) is 23.0 Å². The Balaban J connectivity index is 1.21. The van der Waals surface area contributed by atoms with Crippen molar-refractivity contribution < 1.29 is 28.9 Å². The number of ether oxygens (including phenoxy) is 2. The van der Waals surface area contributed by atoms with Crippen LogP contribution < -0.4 is 20.1 Å². The molecule has 0 bridgehead atoms. The van der Waals surface area contributed by atoms with Gasteiger partial charge in [0.2, 0.25) is 0 Å². The number of aromatic nitrogens is 1. The van der Waals surface area contributed by atoms with Crippen molar-refractivity contribution >= 4 is 34.8 Å². The standard InChI is InChI=1S/C31H21N5O8/c37-30(20-4-1-6-26(18-20)43-24-14-10-22(11-15-24)35(39)40)33-28-8-3-9-29(32-28)34-31(38)21-5-2-7-27(19-21)44-25-16-12-23(13-17-25)36(41)42/h1-19H,(H2,32,33,34,37,38). The Kier molecular flexibility index (Phi) is 8.47.